The van der Waals surface area contributed by atoms with Crippen LogP contribution in [0.1, 0.15) is 342 Å². The van der Waals surface area contributed by atoms with Crippen molar-refractivity contribution in [2.45, 2.75) is 348 Å². The molecule has 0 radical (unpaired) electrons. The lowest BCUT2D eigenvalue weighted by atomic mass is 10.0. The second-order valence-electron chi connectivity index (χ2n) is 22.4. The summed E-state index contributed by atoms with van der Waals surface area (Å²) in [7, 11) is 0. The molecule has 0 bridgehead atoms. The molecule has 1 atom stereocenters. The molecule has 6 nitrogen and oxygen atoms in total. The minimum atomic E-state index is -0.772. The van der Waals surface area contributed by atoms with Gasteiger partial charge in [0.15, 0.2) is 6.10 Å². The maximum Gasteiger partial charge on any atom is 0.306 e. The van der Waals surface area contributed by atoms with Gasteiger partial charge >= 0.3 is 17.9 Å². The molecule has 0 fully saturated rings. The number of carbonyl (C=O) groups excluding carboxylic acids is 3. The van der Waals surface area contributed by atoms with Gasteiger partial charge in [-0.15, -0.1) is 0 Å². The quantitative estimate of drug-likeness (QED) is 0.0261. The Labute approximate surface area is 478 Å². The molecule has 0 N–H and O–H groups in total. The number of allylic oxidation sites excluding steroid dienone is 12. The predicted octanol–water partition coefficient (Wildman–Crippen LogP) is 22.9. The summed E-state index contributed by atoms with van der Waals surface area (Å²) in [5, 5.41) is 0. The lowest BCUT2D eigenvalue weighted by molar-refractivity contribution is -0.167. The van der Waals surface area contributed by atoms with Gasteiger partial charge in [-0.05, 0) is 70.6 Å². The predicted molar refractivity (Wildman–Crippen MR) is 335 cm³/mol. The highest BCUT2D eigenvalue weighted by Crippen LogP contribution is 2.17. The summed E-state index contributed by atoms with van der Waals surface area (Å²) in [5.41, 5.74) is 0. The van der Waals surface area contributed by atoms with Gasteiger partial charge in [-0.25, -0.2) is 0 Å². The average Bonchev–Trinajstić information content (AvgIpc) is 3.43. The Kier molecular flexibility index (Phi) is 62.7. The second-order valence-corrected chi connectivity index (χ2v) is 22.4. The molecule has 0 rings (SSSR count). The van der Waals surface area contributed by atoms with Crippen molar-refractivity contribution in [1.29, 1.82) is 0 Å². The number of carbonyl (C=O) groups is 3. The third-order valence-electron chi connectivity index (χ3n) is 14.7. The molecule has 0 spiro atoms. The van der Waals surface area contributed by atoms with Gasteiger partial charge in [-0.3, -0.25) is 14.4 Å². The first-order valence-corrected chi connectivity index (χ1v) is 33.4. The molecule has 6 heteroatoms. The highest BCUT2D eigenvalue weighted by molar-refractivity contribution is 5.71. The molecular formula is C71H126O6. The van der Waals surface area contributed by atoms with Gasteiger partial charge < -0.3 is 14.2 Å². The van der Waals surface area contributed by atoms with E-state index in [1.54, 1.807) is 0 Å². The normalized spacial score (nSPS) is 12.5. The monoisotopic (exact) mass is 1070 g/mol. The molecule has 0 aliphatic heterocycles. The maximum absolute atomic E-state index is 12.9. The molecule has 1 unspecified atom stereocenters. The van der Waals surface area contributed by atoms with Gasteiger partial charge in [0, 0.05) is 19.3 Å². The minimum absolute atomic E-state index is 0.0693. The Morgan fingerprint density at radius 1 is 0.273 bits per heavy atom. The van der Waals surface area contributed by atoms with E-state index in [-0.39, 0.29) is 31.1 Å². The van der Waals surface area contributed by atoms with Crippen LogP contribution in [0.5, 0.6) is 0 Å². The molecule has 0 aliphatic rings. The Balaban J connectivity index is 4.19. The number of unbranched alkanes of at least 4 members (excludes halogenated alkanes) is 38. The molecule has 0 saturated heterocycles. The zero-order chi connectivity index (χ0) is 55.7. The lowest BCUT2D eigenvalue weighted by Gasteiger charge is -2.18. The van der Waals surface area contributed by atoms with Crippen LogP contribution in [-0.4, -0.2) is 37.2 Å². The fourth-order valence-corrected chi connectivity index (χ4v) is 9.74. The molecule has 0 amide bonds. The Bertz CT molecular complexity index is 1420. The summed E-state index contributed by atoms with van der Waals surface area (Å²) in [6.45, 7) is 6.57. The summed E-state index contributed by atoms with van der Waals surface area (Å²) in [6, 6.07) is 0. The topological polar surface area (TPSA) is 78.9 Å². The van der Waals surface area contributed by atoms with Gasteiger partial charge in [0.2, 0.25) is 0 Å². The molecule has 446 valence electrons. The highest BCUT2D eigenvalue weighted by atomic mass is 16.6. The van der Waals surface area contributed by atoms with Crippen molar-refractivity contribution < 1.29 is 28.6 Å². The SMILES string of the molecule is CC/C=C\C/C=C\C/C=C\C/C=C\C/C=C\C/C=C\CCCCCCCCCCCCCCC(=O)OCC(COC(=O)CCCCCCCCCCCCCC)OC(=O)CCCCCCCCCCCCCCCCCC. The summed E-state index contributed by atoms with van der Waals surface area (Å²) >= 11 is 0. The van der Waals surface area contributed by atoms with Crippen LogP contribution in [0.15, 0.2) is 72.9 Å². The van der Waals surface area contributed by atoms with E-state index in [2.05, 4.69) is 93.7 Å². The summed E-state index contributed by atoms with van der Waals surface area (Å²) in [5.74, 6) is -0.851. The van der Waals surface area contributed by atoms with Crippen molar-refractivity contribution in [3.05, 3.63) is 72.9 Å². The van der Waals surface area contributed by atoms with Crippen LogP contribution in [0.25, 0.3) is 0 Å². The molecule has 0 aliphatic carbocycles. The smallest absolute Gasteiger partial charge is 0.306 e. The average molecular weight is 1080 g/mol. The Morgan fingerprint density at radius 2 is 0.506 bits per heavy atom. The molecule has 77 heavy (non-hydrogen) atoms. The van der Waals surface area contributed by atoms with Crippen LogP contribution in [-0.2, 0) is 28.6 Å². The van der Waals surface area contributed by atoms with E-state index in [1.807, 2.05) is 0 Å². The van der Waals surface area contributed by atoms with Crippen molar-refractivity contribution in [2.75, 3.05) is 13.2 Å². The van der Waals surface area contributed by atoms with Gasteiger partial charge in [0.05, 0.1) is 0 Å². The van der Waals surface area contributed by atoms with E-state index in [0.717, 1.165) is 96.3 Å². The first-order valence-electron chi connectivity index (χ1n) is 33.4. The molecule has 0 aromatic heterocycles. The van der Waals surface area contributed by atoms with Crippen molar-refractivity contribution in [2.24, 2.45) is 0 Å². The van der Waals surface area contributed by atoms with Crippen LogP contribution in [0, 0.1) is 0 Å². The third-order valence-corrected chi connectivity index (χ3v) is 14.7. The molecule has 0 aromatic rings. The fourth-order valence-electron chi connectivity index (χ4n) is 9.74. The van der Waals surface area contributed by atoms with E-state index < -0.39 is 6.10 Å². The van der Waals surface area contributed by atoms with Crippen LogP contribution >= 0.6 is 0 Å². The second kappa shape index (κ2) is 65.4. The molecule has 0 saturated carbocycles. The summed E-state index contributed by atoms with van der Waals surface area (Å²) in [6.07, 6.45) is 84.9. The van der Waals surface area contributed by atoms with Gasteiger partial charge in [-0.2, -0.15) is 0 Å². The Morgan fingerprint density at radius 3 is 0.792 bits per heavy atom. The third kappa shape index (κ3) is 63.6. The van der Waals surface area contributed by atoms with Crippen molar-refractivity contribution in [3.63, 3.8) is 0 Å². The van der Waals surface area contributed by atoms with Crippen molar-refractivity contribution in [3.8, 4) is 0 Å². The first-order chi connectivity index (χ1) is 38.0. The highest BCUT2D eigenvalue weighted by Gasteiger charge is 2.19. The maximum atomic E-state index is 12.9. The van der Waals surface area contributed by atoms with E-state index in [1.165, 1.54) is 205 Å². The lowest BCUT2D eigenvalue weighted by Crippen LogP contribution is -2.30. The van der Waals surface area contributed by atoms with Crippen molar-refractivity contribution >= 4 is 17.9 Å². The van der Waals surface area contributed by atoms with Gasteiger partial charge in [0.1, 0.15) is 13.2 Å². The zero-order valence-corrected chi connectivity index (χ0v) is 51.2. The van der Waals surface area contributed by atoms with Gasteiger partial charge in [0.25, 0.3) is 0 Å². The Hall–Kier alpha value is -3.15. The van der Waals surface area contributed by atoms with E-state index >= 15 is 0 Å². The molecular weight excluding hydrogens is 949 g/mol. The number of ether oxygens (including phenoxy) is 3. The number of esters is 3. The van der Waals surface area contributed by atoms with E-state index in [4.69, 9.17) is 14.2 Å². The number of hydrogen-bond donors (Lipinski definition) is 0. The largest absolute Gasteiger partial charge is 0.462 e. The molecule has 0 aromatic carbocycles. The number of rotatable bonds is 61. The van der Waals surface area contributed by atoms with E-state index in [9.17, 15) is 14.4 Å². The van der Waals surface area contributed by atoms with Gasteiger partial charge in [-0.1, -0.05) is 325 Å². The standard InChI is InChI=1S/C71H126O6/c1-4-7-10-13-16-19-22-25-27-29-30-31-32-33-34-35-36-37-38-39-40-41-42-43-45-46-49-52-55-58-61-64-70(73)76-67-68(66-75-69(72)63-60-57-54-51-48-24-21-18-15-12-9-6-3)77-71(74)65-62-59-56-53-50-47-44-28-26-23-20-17-14-11-8-5-2/h7,10,16,19,25,27,30-31,33-34,36-37,68H,4-6,8-9,11-15,17-18,20-24,26,28-29,32,35,38-67H2,1-3H3/b10-7-,19-16-,27-25-,31-30-,34-33-,37-36-. The zero-order valence-electron chi connectivity index (χ0n) is 51.2. The first kappa shape index (κ1) is 73.8. The number of hydrogen-bond acceptors (Lipinski definition) is 6. The van der Waals surface area contributed by atoms with Crippen molar-refractivity contribution in [1.82, 2.24) is 0 Å². The minimum Gasteiger partial charge on any atom is -0.462 e. The summed E-state index contributed by atoms with van der Waals surface area (Å²) in [4.78, 5) is 38.3. The van der Waals surface area contributed by atoms with Crippen LogP contribution in [0.4, 0.5) is 0 Å². The van der Waals surface area contributed by atoms with Crippen LogP contribution in [0.3, 0.4) is 0 Å². The van der Waals surface area contributed by atoms with Crippen LogP contribution in [0.2, 0.25) is 0 Å². The molecule has 0 heterocycles. The fraction of sp³-hybridized carbons (Fsp3) is 0.789. The van der Waals surface area contributed by atoms with Crippen LogP contribution < -0.4 is 0 Å². The van der Waals surface area contributed by atoms with E-state index in [0.29, 0.717) is 19.3 Å². The summed E-state index contributed by atoms with van der Waals surface area (Å²) < 4.78 is 16.9.